The number of para-hydroxylation sites is 1. The van der Waals surface area contributed by atoms with Crippen LogP contribution in [0.2, 0.25) is 0 Å². The molecule has 17 heavy (non-hydrogen) atoms. The van der Waals surface area contributed by atoms with E-state index < -0.39 is 0 Å². The number of nitrogens with two attached hydrogens (primary N) is 3. The largest absolute Gasteiger partial charge is 0.397 e. The van der Waals surface area contributed by atoms with Gasteiger partial charge in [0.2, 0.25) is 0 Å². The molecule has 1 fully saturated rings. The van der Waals surface area contributed by atoms with Crippen molar-refractivity contribution in [3.8, 4) is 0 Å². The van der Waals surface area contributed by atoms with Crippen molar-refractivity contribution in [3.05, 3.63) is 18.2 Å². The molecule has 6 N–H and O–H groups in total. The van der Waals surface area contributed by atoms with Gasteiger partial charge in [-0.15, -0.1) is 0 Å². The van der Waals surface area contributed by atoms with Gasteiger partial charge in [0.25, 0.3) is 0 Å². The van der Waals surface area contributed by atoms with Crippen LogP contribution in [0, 0.1) is 0 Å². The smallest absolute Gasteiger partial charge is 0.144 e. The van der Waals surface area contributed by atoms with Crippen molar-refractivity contribution >= 4 is 17.1 Å². The van der Waals surface area contributed by atoms with Crippen molar-refractivity contribution in [1.82, 2.24) is 0 Å². The van der Waals surface area contributed by atoms with Gasteiger partial charge >= 0.3 is 0 Å². The fourth-order valence-corrected chi connectivity index (χ4v) is 2.14. The number of benzene rings is 1. The molecular formula is C12H20N4O. The number of hydrogen-bond acceptors (Lipinski definition) is 5. The molecule has 0 spiro atoms. The maximum Gasteiger partial charge on any atom is 0.144 e. The van der Waals surface area contributed by atoms with Crippen LogP contribution in [-0.4, -0.2) is 12.3 Å². The summed E-state index contributed by atoms with van der Waals surface area (Å²) in [6.07, 6.45) is 3.16. The highest BCUT2D eigenvalue weighted by Gasteiger charge is 2.28. The first kappa shape index (κ1) is 12.0. The third kappa shape index (κ3) is 2.30. The number of hydrazine groups is 1. The van der Waals surface area contributed by atoms with Crippen molar-refractivity contribution in [2.75, 3.05) is 16.5 Å². The molecule has 2 unspecified atom stereocenters. The van der Waals surface area contributed by atoms with Crippen molar-refractivity contribution in [2.45, 2.75) is 38.5 Å². The highest BCUT2D eigenvalue weighted by molar-refractivity contribution is 5.79. The van der Waals surface area contributed by atoms with Gasteiger partial charge in [-0.1, -0.05) is 13.0 Å². The van der Waals surface area contributed by atoms with Gasteiger partial charge in [-0.2, -0.15) is 0 Å². The zero-order valence-electron chi connectivity index (χ0n) is 10.1. The fourth-order valence-electron chi connectivity index (χ4n) is 2.14. The Morgan fingerprint density at radius 3 is 2.76 bits per heavy atom. The van der Waals surface area contributed by atoms with E-state index in [1.807, 2.05) is 12.1 Å². The van der Waals surface area contributed by atoms with E-state index >= 15 is 0 Å². The molecule has 1 saturated heterocycles. The van der Waals surface area contributed by atoms with Gasteiger partial charge in [-0.25, -0.2) is 5.84 Å². The molecule has 94 valence electrons. The molecule has 0 aromatic heterocycles. The number of ether oxygens (including phenoxy) is 1. The van der Waals surface area contributed by atoms with Gasteiger partial charge in [0, 0.05) is 0 Å². The van der Waals surface area contributed by atoms with Gasteiger partial charge in [0.05, 0.1) is 23.2 Å². The van der Waals surface area contributed by atoms with Crippen LogP contribution in [0.1, 0.15) is 26.2 Å². The lowest BCUT2D eigenvalue weighted by Gasteiger charge is -2.27. The Kier molecular flexibility index (Phi) is 3.40. The Bertz CT molecular complexity index is 396. The van der Waals surface area contributed by atoms with Crippen molar-refractivity contribution in [3.63, 3.8) is 0 Å². The molecule has 1 aliphatic heterocycles. The molecule has 0 aliphatic carbocycles. The van der Waals surface area contributed by atoms with Crippen LogP contribution in [0.3, 0.4) is 0 Å². The molecule has 0 bridgehead atoms. The quantitative estimate of drug-likeness (QED) is 0.420. The highest BCUT2D eigenvalue weighted by atomic mass is 16.5. The van der Waals surface area contributed by atoms with Crippen molar-refractivity contribution in [1.29, 1.82) is 0 Å². The first-order valence-corrected chi connectivity index (χ1v) is 5.96. The molecule has 0 radical (unpaired) electrons. The number of hydrogen-bond donors (Lipinski definition) is 3. The van der Waals surface area contributed by atoms with Crippen LogP contribution in [0.15, 0.2) is 18.2 Å². The van der Waals surface area contributed by atoms with E-state index in [0.29, 0.717) is 17.5 Å². The van der Waals surface area contributed by atoms with Gasteiger partial charge in [-0.05, 0) is 31.4 Å². The lowest BCUT2D eigenvalue weighted by molar-refractivity contribution is 0.0414. The minimum Gasteiger partial charge on any atom is -0.397 e. The summed E-state index contributed by atoms with van der Waals surface area (Å²) in [5.74, 6) is 6.06. The van der Waals surface area contributed by atoms with Gasteiger partial charge < -0.3 is 16.2 Å². The van der Waals surface area contributed by atoms with Crippen molar-refractivity contribution in [2.24, 2.45) is 5.84 Å². The third-order valence-corrected chi connectivity index (χ3v) is 3.25. The van der Waals surface area contributed by atoms with E-state index in [9.17, 15) is 0 Å². The SMILES string of the molecule is CCC1CCC(N(N)c2cccc(N)c2N)O1. The highest BCUT2D eigenvalue weighted by Crippen LogP contribution is 2.32. The zero-order chi connectivity index (χ0) is 12.4. The average Bonchev–Trinajstić information content (AvgIpc) is 2.80. The second-order valence-corrected chi connectivity index (χ2v) is 4.39. The van der Waals surface area contributed by atoms with E-state index in [1.165, 1.54) is 0 Å². The molecular weight excluding hydrogens is 216 g/mol. The normalized spacial score (nSPS) is 23.9. The second kappa shape index (κ2) is 4.81. The maximum absolute atomic E-state index is 6.06. The molecule has 2 rings (SSSR count). The van der Waals surface area contributed by atoms with Gasteiger partial charge in [-0.3, -0.25) is 5.01 Å². The summed E-state index contributed by atoms with van der Waals surface area (Å²) in [4.78, 5) is 0. The van der Waals surface area contributed by atoms with E-state index in [-0.39, 0.29) is 6.23 Å². The molecule has 1 aromatic carbocycles. The van der Waals surface area contributed by atoms with Crippen LogP contribution in [0.25, 0.3) is 0 Å². The van der Waals surface area contributed by atoms with Gasteiger partial charge in [0.1, 0.15) is 6.23 Å². The number of nitrogen functional groups attached to an aromatic ring is 2. The fraction of sp³-hybridized carbons (Fsp3) is 0.500. The molecule has 1 aliphatic rings. The Balaban J connectivity index is 2.15. The van der Waals surface area contributed by atoms with Crippen LogP contribution >= 0.6 is 0 Å². The summed E-state index contributed by atoms with van der Waals surface area (Å²) < 4.78 is 5.83. The van der Waals surface area contributed by atoms with E-state index in [0.717, 1.165) is 24.9 Å². The Morgan fingerprint density at radius 2 is 2.12 bits per heavy atom. The minimum absolute atomic E-state index is 0.107. The first-order valence-electron chi connectivity index (χ1n) is 5.96. The molecule has 5 nitrogen and oxygen atoms in total. The summed E-state index contributed by atoms with van der Waals surface area (Å²) in [5, 5.41) is 1.58. The van der Waals surface area contributed by atoms with Gasteiger partial charge in [0.15, 0.2) is 0 Å². The predicted molar refractivity (Wildman–Crippen MR) is 70.1 cm³/mol. The molecule has 5 heteroatoms. The van der Waals surface area contributed by atoms with E-state index in [1.54, 1.807) is 11.1 Å². The second-order valence-electron chi connectivity index (χ2n) is 4.39. The minimum atomic E-state index is -0.107. The third-order valence-electron chi connectivity index (χ3n) is 3.25. The zero-order valence-corrected chi connectivity index (χ0v) is 10.1. The summed E-state index contributed by atoms with van der Waals surface area (Å²) >= 11 is 0. The summed E-state index contributed by atoms with van der Waals surface area (Å²) in [5.41, 5.74) is 13.5. The number of nitrogens with zero attached hydrogens (tertiary/aromatic N) is 1. The maximum atomic E-state index is 6.06. The summed E-state index contributed by atoms with van der Waals surface area (Å²) in [7, 11) is 0. The Morgan fingerprint density at radius 1 is 1.35 bits per heavy atom. The van der Waals surface area contributed by atoms with Crippen molar-refractivity contribution < 1.29 is 4.74 Å². The molecule has 1 heterocycles. The van der Waals surface area contributed by atoms with Crippen LogP contribution in [-0.2, 0) is 4.74 Å². The molecule has 0 saturated carbocycles. The number of rotatable bonds is 3. The monoisotopic (exact) mass is 236 g/mol. The molecule has 2 atom stereocenters. The lowest BCUT2D eigenvalue weighted by Crippen LogP contribution is -2.41. The average molecular weight is 236 g/mol. The molecule has 0 amide bonds. The Hall–Kier alpha value is -1.46. The number of anilines is 3. The first-order chi connectivity index (χ1) is 8.13. The van der Waals surface area contributed by atoms with Crippen LogP contribution < -0.4 is 22.3 Å². The van der Waals surface area contributed by atoms with E-state index in [4.69, 9.17) is 22.0 Å². The van der Waals surface area contributed by atoms with Crippen LogP contribution in [0.4, 0.5) is 17.1 Å². The predicted octanol–water partition coefficient (Wildman–Crippen LogP) is 1.45. The van der Waals surface area contributed by atoms with Crippen LogP contribution in [0.5, 0.6) is 0 Å². The Labute approximate surface area is 101 Å². The summed E-state index contributed by atoms with van der Waals surface area (Å²) in [6.45, 7) is 2.11. The lowest BCUT2D eigenvalue weighted by atomic mass is 10.2. The standard InChI is InChI=1S/C12H20N4O/c1-2-8-6-7-11(17-8)16(15)10-5-3-4-9(13)12(10)14/h3-5,8,11H,2,6-7,13-15H2,1H3. The molecule has 1 aromatic rings. The van der Waals surface area contributed by atoms with E-state index in [2.05, 4.69) is 6.92 Å². The summed E-state index contributed by atoms with van der Waals surface area (Å²) in [6, 6.07) is 5.46. The topological polar surface area (TPSA) is 90.5 Å².